The van der Waals surface area contributed by atoms with E-state index < -0.39 is 0 Å². The molecule has 5 N–H and O–H groups in total. The monoisotopic (exact) mass is 143 g/mol. The van der Waals surface area contributed by atoms with E-state index in [9.17, 15) is 0 Å². The summed E-state index contributed by atoms with van der Waals surface area (Å²) in [6.45, 7) is 0. The summed E-state index contributed by atoms with van der Waals surface area (Å²) in [5.74, 6) is 5.14. The van der Waals surface area contributed by atoms with Crippen LogP contribution in [-0.2, 0) is 0 Å². The number of phenolic OH excluding ortho intramolecular Hbond substituents is 1. The van der Waals surface area contributed by atoms with Crippen LogP contribution < -0.4 is 10.7 Å². The summed E-state index contributed by atoms with van der Waals surface area (Å²) in [5.41, 5.74) is 0. The third kappa shape index (κ3) is 1.61. The highest BCUT2D eigenvalue weighted by Crippen LogP contribution is 2.22. The molecule has 0 saturated heterocycles. The van der Waals surface area contributed by atoms with Crippen molar-refractivity contribution in [1.29, 1.82) is 0 Å². The van der Waals surface area contributed by atoms with Gasteiger partial charge in [-0.2, -0.15) is 5.90 Å². The second-order valence-electron chi connectivity index (χ2n) is 1.59. The Labute approximate surface area is 58.1 Å². The Bertz CT molecular complexity index is 202. The van der Waals surface area contributed by atoms with Gasteiger partial charge in [-0.1, -0.05) is 12.1 Å². The van der Waals surface area contributed by atoms with Gasteiger partial charge in [-0.15, -0.1) is 0 Å². The van der Waals surface area contributed by atoms with Crippen LogP contribution in [-0.4, -0.2) is 10.6 Å². The number of hydrogen-bond donors (Lipinski definition) is 2. The predicted molar refractivity (Wildman–Crippen MR) is 36.5 cm³/mol. The average Bonchev–Trinajstić information content (AvgIpc) is 1.89. The van der Waals surface area contributed by atoms with Crippen LogP contribution in [0.4, 0.5) is 0 Å². The fraction of sp³-hybridized carbons (Fsp3) is 0. The number of para-hydroxylation sites is 2. The smallest absolute Gasteiger partial charge is 0.188 e. The summed E-state index contributed by atoms with van der Waals surface area (Å²) >= 11 is 0. The highest BCUT2D eigenvalue weighted by atomic mass is 16.6. The quantitative estimate of drug-likeness (QED) is 0.534. The maximum Gasteiger partial charge on any atom is 0.188 e. The molecule has 4 heteroatoms. The molecule has 0 heterocycles. The number of phenols is 1. The van der Waals surface area contributed by atoms with Crippen LogP contribution in [0.2, 0.25) is 0 Å². The SMILES string of the molecule is NOc1ccccc1O.O. The molecular weight excluding hydrogens is 134 g/mol. The summed E-state index contributed by atoms with van der Waals surface area (Å²) in [5, 5.41) is 8.91. The van der Waals surface area contributed by atoms with Crippen molar-refractivity contribution in [2.24, 2.45) is 5.90 Å². The van der Waals surface area contributed by atoms with Gasteiger partial charge in [-0.05, 0) is 12.1 Å². The van der Waals surface area contributed by atoms with Crippen LogP contribution >= 0.6 is 0 Å². The number of aromatic hydroxyl groups is 1. The van der Waals surface area contributed by atoms with Gasteiger partial charge in [0.15, 0.2) is 11.5 Å². The van der Waals surface area contributed by atoms with Gasteiger partial charge in [0, 0.05) is 0 Å². The van der Waals surface area contributed by atoms with E-state index in [0.717, 1.165) is 0 Å². The first kappa shape index (κ1) is 8.74. The van der Waals surface area contributed by atoms with E-state index in [2.05, 4.69) is 4.84 Å². The van der Waals surface area contributed by atoms with E-state index in [-0.39, 0.29) is 17.0 Å². The number of nitrogens with two attached hydrogens (primary N) is 1. The minimum Gasteiger partial charge on any atom is -0.504 e. The zero-order chi connectivity index (χ0) is 6.69. The van der Waals surface area contributed by atoms with E-state index in [4.69, 9.17) is 11.0 Å². The molecule has 0 atom stereocenters. The standard InChI is InChI=1S/C6H7NO2.H2O/c7-9-6-4-2-1-3-5(6)8;/h1-4,8H,7H2;1H2. The molecule has 10 heavy (non-hydrogen) atoms. The molecule has 0 aliphatic carbocycles. The Morgan fingerprint density at radius 3 is 2.30 bits per heavy atom. The summed E-state index contributed by atoms with van der Waals surface area (Å²) in [7, 11) is 0. The Hall–Kier alpha value is -1.26. The van der Waals surface area contributed by atoms with Crippen molar-refractivity contribution >= 4 is 0 Å². The maximum atomic E-state index is 8.91. The van der Waals surface area contributed by atoms with Crippen molar-refractivity contribution < 1.29 is 15.4 Å². The summed E-state index contributed by atoms with van der Waals surface area (Å²) in [4.78, 5) is 4.29. The lowest BCUT2D eigenvalue weighted by molar-refractivity contribution is 0.313. The van der Waals surface area contributed by atoms with Gasteiger partial charge in [0.2, 0.25) is 0 Å². The van der Waals surface area contributed by atoms with Crippen LogP contribution in [0.5, 0.6) is 11.5 Å². The first-order chi connectivity index (χ1) is 4.34. The molecule has 1 rings (SSSR count). The average molecular weight is 143 g/mol. The van der Waals surface area contributed by atoms with Gasteiger partial charge in [0.05, 0.1) is 0 Å². The predicted octanol–water partition coefficient (Wildman–Crippen LogP) is -0.180. The van der Waals surface area contributed by atoms with Gasteiger partial charge >= 0.3 is 0 Å². The van der Waals surface area contributed by atoms with Crippen LogP contribution in [0.15, 0.2) is 24.3 Å². The van der Waals surface area contributed by atoms with Crippen molar-refractivity contribution in [3.05, 3.63) is 24.3 Å². The molecule has 4 nitrogen and oxygen atoms in total. The summed E-state index contributed by atoms with van der Waals surface area (Å²) < 4.78 is 0. The number of rotatable bonds is 1. The molecule has 0 unspecified atom stereocenters. The molecular formula is C6H9NO3. The molecule has 1 aromatic rings. The molecule has 56 valence electrons. The lowest BCUT2D eigenvalue weighted by atomic mass is 10.3. The maximum absolute atomic E-state index is 8.91. The second-order valence-corrected chi connectivity index (χ2v) is 1.59. The molecule has 0 aliphatic rings. The molecule has 0 fully saturated rings. The fourth-order valence-electron chi connectivity index (χ4n) is 0.557. The van der Waals surface area contributed by atoms with Gasteiger partial charge in [0.25, 0.3) is 0 Å². The second kappa shape index (κ2) is 3.71. The largest absolute Gasteiger partial charge is 0.504 e. The third-order valence-corrected chi connectivity index (χ3v) is 0.992. The van der Waals surface area contributed by atoms with Gasteiger partial charge < -0.3 is 15.4 Å². The molecule has 0 spiro atoms. The van der Waals surface area contributed by atoms with Gasteiger partial charge in [-0.3, -0.25) is 0 Å². The summed E-state index contributed by atoms with van der Waals surface area (Å²) in [6, 6.07) is 6.50. The Balaban J connectivity index is 0.000000810. The zero-order valence-corrected chi connectivity index (χ0v) is 5.24. The Kier molecular flexibility index (Phi) is 3.24. The normalized spacial score (nSPS) is 8.10. The molecule has 0 radical (unpaired) electrons. The van der Waals surface area contributed by atoms with E-state index in [1.165, 1.54) is 6.07 Å². The van der Waals surface area contributed by atoms with Crippen molar-refractivity contribution in [2.45, 2.75) is 0 Å². The first-order valence-electron chi connectivity index (χ1n) is 2.49. The van der Waals surface area contributed by atoms with Gasteiger partial charge in [-0.25, -0.2) is 0 Å². The fourth-order valence-corrected chi connectivity index (χ4v) is 0.557. The summed E-state index contributed by atoms with van der Waals surface area (Å²) in [6.07, 6.45) is 0. The highest BCUT2D eigenvalue weighted by molar-refractivity contribution is 5.37. The molecule has 0 bridgehead atoms. The van der Waals surface area contributed by atoms with Crippen LogP contribution in [0, 0.1) is 0 Å². The lowest BCUT2D eigenvalue weighted by Gasteiger charge is -1.98. The van der Waals surface area contributed by atoms with Crippen molar-refractivity contribution in [1.82, 2.24) is 0 Å². The topological polar surface area (TPSA) is 87.0 Å². The number of hydrogen-bond acceptors (Lipinski definition) is 3. The Morgan fingerprint density at radius 2 is 1.90 bits per heavy atom. The molecule has 0 amide bonds. The first-order valence-corrected chi connectivity index (χ1v) is 2.49. The molecule has 0 saturated carbocycles. The van der Waals surface area contributed by atoms with Crippen molar-refractivity contribution in [2.75, 3.05) is 0 Å². The molecule has 0 aromatic heterocycles. The lowest BCUT2D eigenvalue weighted by Crippen LogP contribution is -2.01. The molecule has 0 aliphatic heterocycles. The highest BCUT2D eigenvalue weighted by Gasteiger charge is 1.95. The van der Waals surface area contributed by atoms with Crippen LogP contribution in [0.3, 0.4) is 0 Å². The van der Waals surface area contributed by atoms with E-state index in [0.29, 0.717) is 0 Å². The minimum absolute atomic E-state index is 0. The zero-order valence-electron chi connectivity index (χ0n) is 5.24. The van der Waals surface area contributed by atoms with E-state index >= 15 is 0 Å². The van der Waals surface area contributed by atoms with Crippen LogP contribution in [0.1, 0.15) is 0 Å². The third-order valence-electron chi connectivity index (χ3n) is 0.992. The molecule has 1 aromatic carbocycles. The van der Waals surface area contributed by atoms with Gasteiger partial charge in [0.1, 0.15) is 0 Å². The Morgan fingerprint density at radius 1 is 1.30 bits per heavy atom. The minimum atomic E-state index is 0. The number of benzene rings is 1. The van der Waals surface area contributed by atoms with Crippen LogP contribution in [0.25, 0.3) is 0 Å². The van der Waals surface area contributed by atoms with Crippen molar-refractivity contribution in [3.63, 3.8) is 0 Å². The van der Waals surface area contributed by atoms with Crippen molar-refractivity contribution in [3.8, 4) is 11.5 Å². The van der Waals surface area contributed by atoms with E-state index in [1.54, 1.807) is 18.2 Å². The van der Waals surface area contributed by atoms with E-state index in [1.807, 2.05) is 0 Å².